The van der Waals surface area contributed by atoms with Crippen molar-refractivity contribution in [3.63, 3.8) is 0 Å². The molecule has 2 aromatic heterocycles. The van der Waals surface area contributed by atoms with E-state index < -0.39 is 0 Å². The number of nitrogens with zero attached hydrogens (tertiary/aromatic N) is 2. The van der Waals surface area contributed by atoms with Crippen LogP contribution in [0, 0.1) is 0 Å². The van der Waals surface area contributed by atoms with E-state index in [1.54, 1.807) is 0 Å². The lowest BCUT2D eigenvalue weighted by molar-refractivity contribution is 0.215. The Labute approximate surface area is 123 Å². The fourth-order valence-corrected chi connectivity index (χ4v) is 3.05. The zero-order valence-corrected chi connectivity index (χ0v) is 12.7. The third-order valence-corrected chi connectivity index (χ3v) is 4.39. The Morgan fingerprint density at radius 3 is 3.05 bits per heavy atom. The molecular weight excluding hydrogens is 270 g/mol. The molecule has 0 aromatic carbocycles. The normalized spacial score (nSPS) is 15.1. The van der Waals surface area contributed by atoms with Crippen molar-refractivity contribution in [3.8, 4) is 0 Å². The number of aromatic nitrogens is 1. The molecule has 1 aliphatic rings. The number of hydrogen-bond acceptors (Lipinski definition) is 5. The highest BCUT2D eigenvalue weighted by Crippen LogP contribution is 2.30. The summed E-state index contributed by atoms with van der Waals surface area (Å²) in [5, 5.41) is 9.53. The van der Waals surface area contributed by atoms with Crippen LogP contribution in [-0.2, 0) is 19.6 Å². The molecule has 4 nitrogen and oxygen atoms in total. The van der Waals surface area contributed by atoms with Gasteiger partial charge in [0.15, 0.2) is 5.76 Å². The summed E-state index contributed by atoms with van der Waals surface area (Å²) in [4.78, 5) is 3.92. The Balaban J connectivity index is 1.59. The average molecular weight is 291 g/mol. The van der Waals surface area contributed by atoms with E-state index >= 15 is 0 Å². The van der Waals surface area contributed by atoms with Gasteiger partial charge in [-0.05, 0) is 30.8 Å². The first-order valence-corrected chi connectivity index (χ1v) is 8.14. The van der Waals surface area contributed by atoms with Crippen molar-refractivity contribution in [1.82, 2.24) is 15.4 Å². The zero-order chi connectivity index (χ0) is 13.8. The summed E-state index contributed by atoms with van der Waals surface area (Å²) in [7, 11) is 0. The second-order valence-electron chi connectivity index (χ2n) is 5.28. The van der Waals surface area contributed by atoms with E-state index in [1.165, 1.54) is 17.7 Å². The average Bonchev–Trinajstić information content (AvgIpc) is 3.00. The minimum atomic E-state index is 0.722. The lowest BCUT2D eigenvalue weighted by Crippen LogP contribution is -2.24. The lowest BCUT2D eigenvalue weighted by atomic mass is 10.3. The van der Waals surface area contributed by atoms with Gasteiger partial charge < -0.3 is 9.84 Å². The first kappa shape index (κ1) is 13.8. The first-order valence-electron chi connectivity index (χ1n) is 7.26. The molecule has 2 heterocycles. The molecule has 5 heteroatoms. The Bertz CT molecular complexity index is 519. The van der Waals surface area contributed by atoms with E-state index in [1.807, 2.05) is 11.3 Å². The third-order valence-electron chi connectivity index (χ3n) is 3.53. The fourth-order valence-electron chi connectivity index (χ4n) is 2.32. The number of thiophene rings is 1. The van der Waals surface area contributed by atoms with Gasteiger partial charge >= 0.3 is 0 Å². The van der Waals surface area contributed by atoms with Gasteiger partial charge in [0.25, 0.3) is 0 Å². The second-order valence-corrected chi connectivity index (χ2v) is 6.31. The maximum absolute atomic E-state index is 5.46. The van der Waals surface area contributed by atoms with Gasteiger partial charge in [0, 0.05) is 30.1 Å². The Hall–Kier alpha value is -1.17. The SMILES string of the molecule is CCNCc1cc(CN(Cc2cccs2)C2CC2)on1. The standard InChI is InChI=1S/C15H21N3OS/c1-2-16-9-12-8-14(19-17-12)10-18(13-5-6-13)11-15-4-3-7-20-15/h3-4,7-8,13,16H,2,5-6,9-11H2,1H3. The topological polar surface area (TPSA) is 41.3 Å². The third kappa shape index (κ3) is 3.69. The second kappa shape index (κ2) is 6.52. The van der Waals surface area contributed by atoms with Gasteiger partial charge in [0.05, 0.1) is 12.2 Å². The Morgan fingerprint density at radius 1 is 1.45 bits per heavy atom. The molecule has 1 N–H and O–H groups in total. The summed E-state index contributed by atoms with van der Waals surface area (Å²) < 4.78 is 5.46. The van der Waals surface area contributed by atoms with Crippen LogP contribution in [0.2, 0.25) is 0 Å². The quantitative estimate of drug-likeness (QED) is 0.812. The molecule has 1 saturated carbocycles. The van der Waals surface area contributed by atoms with Crippen molar-refractivity contribution >= 4 is 11.3 Å². The summed E-state index contributed by atoms with van der Waals surface area (Å²) in [6.45, 7) is 5.72. The predicted octanol–water partition coefficient (Wildman–Crippen LogP) is 3.01. The number of hydrogen-bond donors (Lipinski definition) is 1. The molecule has 0 unspecified atom stereocenters. The molecule has 3 rings (SSSR count). The van der Waals surface area contributed by atoms with E-state index in [9.17, 15) is 0 Å². The summed E-state index contributed by atoms with van der Waals surface area (Å²) in [5.41, 5.74) is 0.994. The van der Waals surface area contributed by atoms with E-state index in [0.717, 1.165) is 43.7 Å². The number of nitrogens with one attached hydrogen (secondary N) is 1. The van der Waals surface area contributed by atoms with E-state index in [4.69, 9.17) is 4.52 Å². The highest BCUT2D eigenvalue weighted by atomic mass is 32.1. The van der Waals surface area contributed by atoms with Crippen LogP contribution in [-0.4, -0.2) is 22.6 Å². The van der Waals surface area contributed by atoms with Crippen LogP contribution >= 0.6 is 11.3 Å². The van der Waals surface area contributed by atoms with Gasteiger partial charge in [-0.2, -0.15) is 0 Å². The smallest absolute Gasteiger partial charge is 0.151 e. The Morgan fingerprint density at radius 2 is 2.35 bits per heavy atom. The van der Waals surface area contributed by atoms with Gasteiger partial charge in [-0.1, -0.05) is 18.1 Å². The van der Waals surface area contributed by atoms with Crippen molar-refractivity contribution in [2.24, 2.45) is 0 Å². The largest absolute Gasteiger partial charge is 0.360 e. The van der Waals surface area contributed by atoms with E-state index in [-0.39, 0.29) is 0 Å². The predicted molar refractivity (Wildman–Crippen MR) is 80.5 cm³/mol. The van der Waals surface area contributed by atoms with Crippen LogP contribution < -0.4 is 5.32 Å². The van der Waals surface area contributed by atoms with Crippen LogP contribution in [0.5, 0.6) is 0 Å². The van der Waals surface area contributed by atoms with Gasteiger partial charge in [0.1, 0.15) is 0 Å². The van der Waals surface area contributed by atoms with Crippen molar-refractivity contribution < 1.29 is 4.52 Å². The molecule has 0 atom stereocenters. The molecular formula is C15H21N3OS. The molecule has 0 spiro atoms. The molecule has 108 valence electrons. The zero-order valence-electron chi connectivity index (χ0n) is 11.8. The lowest BCUT2D eigenvalue weighted by Gasteiger charge is -2.19. The molecule has 1 aliphatic carbocycles. The molecule has 0 amide bonds. The van der Waals surface area contributed by atoms with Gasteiger partial charge in [-0.3, -0.25) is 4.90 Å². The minimum Gasteiger partial charge on any atom is -0.360 e. The molecule has 0 radical (unpaired) electrons. The maximum atomic E-state index is 5.46. The maximum Gasteiger partial charge on any atom is 0.151 e. The van der Waals surface area contributed by atoms with Crippen molar-refractivity contribution in [3.05, 3.63) is 39.9 Å². The minimum absolute atomic E-state index is 0.722. The molecule has 2 aromatic rings. The van der Waals surface area contributed by atoms with Crippen LogP contribution in [0.4, 0.5) is 0 Å². The van der Waals surface area contributed by atoms with Gasteiger partial charge in [-0.15, -0.1) is 11.3 Å². The van der Waals surface area contributed by atoms with Crippen LogP contribution in [0.25, 0.3) is 0 Å². The molecule has 0 aliphatic heterocycles. The monoisotopic (exact) mass is 291 g/mol. The molecule has 20 heavy (non-hydrogen) atoms. The summed E-state index contributed by atoms with van der Waals surface area (Å²) >= 11 is 1.83. The van der Waals surface area contributed by atoms with Crippen molar-refractivity contribution in [2.75, 3.05) is 6.54 Å². The fraction of sp³-hybridized carbons (Fsp3) is 0.533. The van der Waals surface area contributed by atoms with Crippen molar-refractivity contribution in [2.45, 2.75) is 45.4 Å². The molecule has 1 fully saturated rings. The van der Waals surface area contributed by atoms with Gasteiger partial charge in [-0.25, -0.2) is 0 Å². The number of rotatable bonds is 8. The van der Waals surface area contributed by atoms with Crippen LogP contribution in [0.15, 0.2) is 28.1 Å². The molecule has 0 bridgehead atoms. The summed E-state index contributed by atoms with van der Waals surface area (Å²) in [6.07, 6.45) is 2.62. The Kier molecular flexibility index (Phi) is 4.50. The van der Waals surface area contributed by atoms with E-state index in [2.05, 4.69) is 45.9 Å². The van der Waals surface area contributed by atoms with Gasteiger partial charge in [0.2, 0.25) is 0 Å². The van der Waals surface area contributed by atoms with Crippen molar-refractivity contribution in [1.29, 1.82) is 0 Å². The highest BCUT2D eigenvalue weighted by molar-refractivity contribution is 7.09. The first-order chi connectivity index (χ1) is 9.85. The van der Waals surface area contributed by atoms with E-state index in [0.29, 0.717) is 0 Å². The highest BCUT2D eigenvalue weighted by Gasteiger charge is 2.30. The summed E-state index contributed by atoms with van der Waals surface area (Å²) in [5.74, 6) is 0.973. The van der Waals surface area contributed by atoms with Crippen LogP contribution in [0.3, 0.4) is 0 Å². The summed E-state index contributed by atoms with van der Waals surface area (Å²) in [6, 6.07) is 7.12. The van der Waals surface area contributed by atoms with Crippen LogP contribution in [0.1, 0.15) is 36.1 Å². The molecule has 0 saturated heterocycles.